The Kier molecular flexibility index (Phi) is 6.66. The molecule has 0 saturated heterocycles. The van der Waals surface area contributed by atoms with E-state index in [4.69, 9.17) is 0 Å². The molecule has 164 valence electrons. The monoisotopic (exact) mass is 454 g/mol. The van der Waals surface area contributed by atoms with Crippen molar-refractivity contribution in [2.24, 2.45) is 0 Å². The fourth-order valence-electron chi connectivity index (χ4n) is 3.32. The van der Waals surface area contributed by atoms with Gasteiger partial charge in [-0.1, -0.05) is 91.0 Å². The first-order valence-corrected chi connectivity index (χ1v) is 11.9. The Morgan fingerprint density at radius 2 is 1.09 bits per heavy atom. The average molecular weight is 455 g/mol. The summed E-state index contributed by atoms with van der Waals surface area (Å²) in [5.41, 5.74) is 3.92. The van der Waals surface area contributed by atoms with Crippen molar-refractivity contribution in [2.45, 2.75) is 0 Å². The zero-order chi connectivity index (χ0) is 23.1. The van der Waals surface area contributed by atoms with Gasteiger partial charge >= 0.3 is 6.03 Å². The molecule has 4 rings (SSSR count). The first kappa shape index (κ1) is 22.0. The molecule has 0 spiro atoms. The van der Waals surface area contributed by atoms with Crippen LogP contribution in [0, 0.1) is 0 Å². The second-order valence-corrected chi connectivity index (χ2v) is 8.82. The second-order valence-electron chi connectivity index (χ2n) is 7.25. The second kappa shape index (κ2) is 9.97. The molecule has 0 aliphatic heterocycles. The summed E-state index contributed by atoms with van der Waals surface area (Å²) in [7, 11) is -4.02. The van der Waals surface area contributed by atoms with E-state index in [0.717, 1.165) is 16.5 Å². The van der Waals surface area contributed by atoms with Crippen molar-refractivity contribution >= 4 is 33.5 Å². The van der Waals surface area contributed by atoms with Gasteiger partial charge in [0.05, 0.1) is 16.8 Å². The molecule has 0 fully saturated rings. The summed E-state index contributed by atoms with van der Waals surface area (Å²) in [5.74, 6) is 0. The van der Waals surface area contributed by atoms with Crippen LogP contribution in [0.4, 0.5) is 16.2 Å². The van der Waals surface area contributed by atoms with E-state index in [1.165, 1.54) is 11.0 Å². The molecule has 0 saturated carbocycles. The molecule has 0 aliphatic rings. The number of hydrogen-bond donors (Lipinski definition) is 1. The van der Waals surface area contributed by atoms with Gasteiger partial charge < -0.3 is 0 Å². The summed E-state index contributed by atoms with van der Waals surface area (Å²) >= 11 is 0. The zero-order valence-corrected chi connectivity index (χ0v) is 18.5. The maximum atomic E-state index is 13.0. The number of anilines is 2. The van der Waals surface area contributed by atoms with E-state index in [0.29, 0.717) is 16.9 Å². The predicted octanol–water partition coefficient (Wildman–Crippen LogP) is 6.20. The van der Waals surface area contributed by atoms with Crippen LogP contribution in [0.3, 0.4) is 0 Å². The quantitative estimate of drug-likeness (QED) is 0.377. The highest BCUT2D eigenvalue weighted by Gasteiger charge is 2.21. The van der Waals surface area contributed by atoms with Crippen molar-refractivity contribution in [1.29, 1.82) is 0 Å². The van der Waals surface area contributed by atoms with Crippen LogP contribution < -0.4 is 9.62 Å². The third kappa shape index (κ3) is 5.75. The molecular weight excluding hydrogens is 432 g/mol. The molecule has 4 aromatic rings. The fourth-order valence-corrected chi connectivity index (χ4v) is 4.06. The van der Waals surface area contributed by atoms with Crippen LogP contribution in [0.5, 0.6) is 0 Å². The normalized spacial score (nSPS) is 11.3. The predicted molar refractivity (Wildman–Crippen MR) is 133 cm³/mol. The number of carbonyl (C=O) groups excluding carboxylic acids is 1. The summed E-state index contributed by atoms with van der Waals surface area (Å²) in [6, 6.07) is 34.4. The SMILES string of the molecule is O=C(NS(=O)(=O)C=Cc1ccc(-c2ccccc2)cc1)N(c1ccccc1)c1ccccc1. The molecular formula is C27H22N2O3S. The minimum absolute atomic E-state index is 0.553. The number of nitrogens with one attached hydrogen (secondary N) is 1. The Bertz CT molecular complexity index is 1300. The lowest BCUT2D eigenvalue weighted by atomic mass is 10.0. The maximum Gasteiger partial charge on any atom is 0.340 e. The van der Waals surface area contributed by atoms with E-state index in [1.807, 2.05) is 66.7 Å². The smallest absolute Gasteiger partial charge is 0.262 e. The van der Waals surface area contributed by atoms with Crippen LogP contribution in [0.25, 0.3) is 17.2 Å². The molecule has 33 heavy (non-hydrogen) atoms. The third-order valence-corrected chi connectivity index (χ3v) is 5.87. The number of urea groups is 1. The van der Waals surface area contributed by atoms with Crippen LogP contribution in [0.2, 0.25) is 0 Å². The van der Waals surface area contributed by atoms with Gasteiger partial charge in [0, 0.05) is 0 Å². The van der Waals surface area contributed by atoms with Crippen molar-refractivity contribution in [3.8, 4) is 11.1 Å². The van der Waals surface area contributed by atoms with Crippen LogP contribution in [0.1, 0.15) is 5.56 Å². The van der Waals surface area contributed by atoms with Gasteiger partial charge in [0.15, 0.2) is 0 Å². The van der Waals surface area contributed by atoms with Crippen molar-refractivity contribution < 1.29 is 13.2 Å². The van der Waals surface area contributed by atoms with Gasteiger partial charge in [-0.3, -0.25) is 4.90 Å². The van der Waals surface area contributed by atoms with Crippen LogP contribution in [0.15, 0.2) is 121 Å². The van der Waals surface area contributed by atoms with Gasteiger partial charge in [-0.15, -0.1) is 0 Å². The highest BCUT2D eigenvalue weighted by atomic mass is 32.2. The van der Waals surface area contributed by atoms with Crippen molar-refractivity contribution in [3.05, 3.63) is 126 Å². The fraction of sp³-hybridized carbons (Fsp3) is 0. The Morgan fingerprint density at radius 3 is 1.61 bits per heavy atom. The molecule has 0 aromatic heterocycles. The number of sulfonamides is 1. The summed E-state index contributed by atoms with van der Waals surface area (Å²) in [6.07, 6.45) is 1.46. The van der Waals surface area contributed by atoms with E-state index >= 15 is 0 Å². The first-order chi connectivity index (χ1) is 16.0. The summed E-state index contributed by atoms with van der Waals surface area (Å²) in [4.78, 5) is 14.3. The largest absolute Gasteiger partial charge is 0.340 e. The highest BCUT2D eigenvalue weighted by Crippen LogP contribution is 2.25. The topological polar surface area (TPSA) is 66.5 Å². The average Bonchev–Trinajstić information content (AvgIpc) is 2.85. The summed E-state index contributed by atoms with van der Waals surface area (Å²) < 4.78 is 27.4. The number of amides is 2. The number of benzene rings is 4. The van der Waals surface area contributed by atoms with Gasteiger partial charge in [0.1, 0.15) is 0 Å². The lowest BCUT2D eigenvalue weighted by Crippen LogP contribution is -2.39. The van der Waals surface area contributed by atoms with Gasteiger partial charge in [-0.25, -0.2) is 17.9 Å². The molecule has 0 heterocycles. The third-order valence-electron chi connectivity index (χ3n) is 4.92. The molecule has 0 aliphatic carbocycles. The van der Waals surface area contributed by atoms with E-state index < -0.39 is 16.1 Å². The zero-order valence-electron chi connectivity index (χ0n) is 17.7. The number of nitrogens with zero attached hydrogens (tertiary/aromatic N) is 1. The molecule has 5 nitrogen and oxygen atoms in total. The van der Waals surface area contributed by atoms with Gasteiger partial charge in [0.2, 0.25) is 0 Å². The summed E-state index contributed by atoms with van der Waals surface area (Å²) in [6.45, 7) is 0. The Labute approximate surface area is 193 Å². The van der Waals surface area contributed by atoms with Crippen LogP contribution >= 0.6 is 0 Å². The molecule has 0 atom stereocenters. The van der Waals surface area contributed by atoms with E-state index in [-0.39, 0.29) is 0 Å². The minimum atomic E-state index is -4.02. The van der Waals surface area contributed by atoms with E-state index in [9.17, 15) is 13.2 Å². The molecule has 6 heteroatoms. The van der Waals surface area contributed by atoms with Crippen LogP contribution in [-0.4, -0.2) is 14.4 Å². The number of para-hydroxylation sites is 2. The lowest BCUT2D eigenvalue weighted by Gasteiger charge is -2.22. The molecule has 0 bridgehead atoms. The Morgan fingerprint density at radius 1 is 0.636 bits per heavy atom. The maximum absolute atomic E-state index is 13.0. The molecule has 4 aromatic carbocycles. The Balaban J connectivity index is 1.51. The van der Waals surface area contributed by atoms with E-state index in [2.05, 4.69) is 4.72 Å². The lowest BCUT2D eigenvalue weighted by molar-refractivity contribution is 0.253. The minimum Gasteiger partial charge on any atom is -0.262 e. The number of hydrogen-bond acceptors (Lipinski definition) is 3. The number of carbonyl (C=O) groups is 1. The van der Waals surface area contributed by atoms with E-state index in [1.54, 1.807) is 48.5 Å². The van der Waals surface area contributed by atoms with Crippen molar-refractivity contribution in [3.63, 3.8) is 0 Å². The summed E-state index contributed by atoms with van der Waals surface area (Å²) in [5, 5.41) is 0.997. The van der Waals surface area contributed by atoms with Gasteiger partial charge in [-0.2, -0.15) is 0 Å². The Hall–Kier alpha value is -4.16. The molecule has 0 radical (unpaired) electrons. The standard InChI is InChI=1S/C27H22N2O3S/c30-27(29(25-12-6-2-7-13-25)26-14-8-3-9-15-26)28-33(31,32)21-20-22-16-18-24(19-17-22)23-10-4-1-5-11-23/h1-21H,(H,28,30). The number of rotatable bonds is 6. The molecule has 1 N–H and O–H groups in total. The van der Waals surface area contributed by atoms with Crippen LogP contribution in [-0.2, 0) is 10.0 Å². The molecule has 0 unspecified atom stereocenters. The van der Waals surface area contributed by atoms with Gasteiger partial charge in [-0.05, 0) is 47.0 Å². The first-order valence-electron chi connectivity index (χ1n) is 10.3. The van der Waals surface area contributed by atoms with Gasteiger partial charge in [0.25, 0.3) is 10.0 Å². The highest BCUT2D eigenvalue weighted by molar-refractivity contribution is 7.93. The molecule has 2 amide bonds. The van der Waals surface area contributed by atoms with Crippen molar-refractivity contribution in [2.75, 3.05) is 4.90 Å². The van der Waals surface area contributed by atoms with Crippen molar-refractivity contribution in [1.82, 2.24) is 4.72 Å².